The number of carbonyl (C=O) groups is 3. The van der Waals surface area contributed by atoms with Crippen LogP contribution in [0.3, 0.4) is 0 Å². The number of carbonyl (C=O) groups excluding carboxylic acids is 2. The van der Waals surface area contributed by atoms with Crippen LogP contribution in [0.4, 0.5) is 0 Å². The molecule has 0 aliphatic rings. The summed E-state index contributed by atoms with van der Waals surface area (Å²) >= 11 is 0. The fraction of sp³-hybridized carbons (Fsp3) is 0.160. The maximum atomic E-state index is 13.1. The number of aryl methyl sites for hydroxylation is 2. The Kier molecular flexibility index (Phi) is 6.16. The molecule has 38 heavy (non-hydrogen) atoms. The summed E-state index contributed by atoms with van der Waals surface area (Å²) in [4.78, 5) is 53.1. The quantitative estimate of drug-likeness (QED) is 0.290. The molecule has 0 aliphatic heterocycles. The molecular formula is C25H21N7O6. The van der Waals surface area contributed by atoms with Crippen LogP contribution in [0, 0.1) is 6.92 Å². The Morgan fingerprint density at radius 2 is 1.71 bits per heavy atom. The van der Waals surface area contributed by atoms with Crippen LogP contribution in [0.1, 0.15) is 48.0 Å². The smallest absolute Gasteiger partial charge is 0.419 e. The molecule has 0 saturated carbocycles. The van der Waals surface area contributed by atoms with Crippen LogP contribution in [-0.2, 0) is 20.1 Å². The summed E-state index contributed by atoms with van der Waals surface area (Å²) in [5.41, 5.74) is 3.47. The van der Waals surface area contributed by atoms with E-state index < -0.39 is 23.5 Å². The van der Waals surface area contributed by atoms with E-state index in [1.807, 2.05) is 0 Å². The molecule has 13 heteroatoms. The zero-order valence-corrected chi connectivity index (χ0v) is 20.3. The van der Waals surface area contributed by atoms with E-state index in [-0.39, 0.29) is 35.7 Å². The van der Waals surface area contributed by atoms with E-state index in [1.165, 1.54) is 27.4 Å². The molecule has 2 aromatic carbocycles. The van der Waals surface area contributed by atoms with Crippen molar-refractivity contribution in [2.24, 2.45) is 7.05 Å². The molecule has 0 fully saturated rings. The molecule has 5 aromatic rings. The second-order valence-corrected chi connectivity index (χ2v) is 8.58. The maximum absolute atomic E-state index is 13.1. The topological polar surface area (TPSA) is 174 Å². The number of hydrogen-bond donors (Lipinski definition) is 3. The Labute approximate surface area is 213 Å². The van der Waals surface area contributed by atoms with Crippen LogP contribution in [-0.4, -0.2) is 47.3 Å². The van der Waals surface area contributed by atoms with E-state index in [0.29, 0.717) is 22.2 Å². The molecule has 0 spiro atoms. The number of carboxylic acid groups (broad SMARTS) is 1. The van der Waals surface area contributed by atoms with Crippen molar-refractivity contribution in [2.75, 3.05) is 0 Å². The summed E-state index contributed by atoms with van der Waals surface area (Å²) in [6, 6.07) is 11.2. The molecule has 0 saturated heterocycles. The fourth-order valence-corrected chi connectivity index (χ4v) is 4.01. The molecule has 3 aromatic heterocycles. The second-order valence-electron chi connectivity index (χ2n) is 8.58. The minimum Gasteiger partial charge on any atom is -0.478 e. The Morgan fingerprint density at radius 1 is 1.00 bits per heavy atom. The number of fused-ring (bicyclic) bond motifs is 2. The van der Waals surface area contributed by atoms with Crippen LogP contribution in [0.15, 0.2) is 57.9 Å². The third-order valence-corrected chi connectivity index (χ3v) is 6.02. The van der Waals surface area contributed by atoms with E-state index in [9.17, 15) is 24.3 Å². The number of oxazole rings is 1. The van der Waals surface area contributed by atoms with Gasteiger partial charge in [0.1, 0.15) is 11.4 Å². The number of amides is 2. The van der Waals surface area contributed by atoms with Gasteiger partial charge in [0.2, 0.25) is 0 Å². The summed E-state index contributed by atoms with van der Waals surface area (Å²) in [5.74, 6) is -2.56. The van der Waals surface area contributed by atoms with Gasteiger partial charge in [-0.05, 0) is 41.8 Å². The highest BCUT2D eigenvalue weighted by atomic mass is 16.4. The summed E-state index contributed by atoms with van der Waals surface area (Å²) < 4.78 is 7.72. The van der Waals surface area contributed by atoms with E-state index in [4.69, 9.17) is 4.42 Å². The molecule has 0 bridgehead atoms. The lowest BCUT2D eigenvalue weighted by Gasteiger charge is -2.10. The van der Waals surface area contributed by atoms with E-state index in [0.717, 1.165) is 5.56 Å². The second kappa shape index (κ2) is 9.61. The zero-order valence-electron chi connectivity index (χ0n) is 20.3. The molecule has 192 valence electrons. The minimum absolute atomic E-state index is 0.0151. The summed E-state index contributed by atoms with van der Waals surface area (Å²) in [6.45, 7) is 1.94. The summed E-state index contributed by atoms with van der Waals surface area (Å²) in [6.07, 6.45) is 1.33. The number of hydrogen-bond acceptors (Lipinski definition) is 8. The largest absolute Gasteiger partial charge is 0.478 e. The van der Waals surface area contributed by atoms with Gasteiger partial charge < -0.3 is 20.2 Å². The lowest BCUT2D eigenvalue weighted by atomic mass is 10.1. The Bertz CT molecular complexity index is 1800. The van der Waals surface area contributed by atoms with Crippen molar-refractivity contribution < 1.29 is 23.9 Å². The number of nitrogens with one attached hydrogen (secondary N) is 2. The molecule has 0 aliphatic carbocycles. The number of rotatable bonds is 7. The molecule has 0 atom stereocenters. The maximum Gasteiger partial charge on any atom is 0.419 e. The van der Waals surface area contributed by atoms with Crippen LogP contribution in [0.25, 0.3) is 16.7 Å². The van der Waals surface area contributed by atoms with E-state index in [2.05, 4.69) is 25.9 Å². The molecule has 0 radical (unpaired) electrons. The van der Waals surface area contributed by atoms with E-state index >= 15 is 0 Å². The van der Waals surface area contributed by atoms with Crippen LogP contribution >= 0.6 is 0 Å². The minimum atomic E-state index is -1.02. The third kappa shape index (κ3) is 4.59. The predicted molar refractivity (Wildman–Crippen MR) is 133 cm³/mol. The Morgan fingerprint density at radius 3 is 2.45 bits per heavy atom. The molecule has 5 rings (SSSR count). The Hall–Kier alpha value is -5.33. The monoisotopic (exact) mass is 515 g/mol. The number of benzene rings is 2. The lowest BCUT2D eigenvalue weighted by Crippen LogP contribution is -2.28. The molecule has 13 nitrogen and oxygen atoms in total. The van der Waals surface area contributed by atoms with Gasteiger partial charge in [-0.1, -0.05) is 23.4 Å². The molecular weight excluding hydrogens is 494 g/mol. The Balaban J connectivity index is 1.33. The van der Waals surface area contributed by atoms with Crippen molar-refractivity contribution in [2.45, 2.75) is 20.0 Å². The SMILES string of the molecule is Cc1cc(CNC(=O)c2cc(C(=O)NCc3ccc4oc(=O)n(C)c4c3)n3nncc3n2)ccc1C(=O)O. The van der Waals surface area contributed by atoms with Crippen LogP contribution < -0.4 is 16.4 Å². The van der Waals surface area contributed by atoms with Gasteiger partial charge in [-0.15, -0.1) is 5.10 Å². The van der Waals surface area contributed by atoms with Crippen molar-refractivity contribution in [1.82, 2.24) is 35.0 Å². The molecule has 2 amide bonds. The standard InChI is InChI=1S/C25H21N7O6/c1-13-7-14(3-5-16(13)24(35)36)10-26-22(33)17-9-19(32-21(29-17)12-28-30-32)23(34)27-11-15-4-6-20-18(8-15)31(2)25(37)38-20/h3-9,12H,10-11H2,1-2H3,(H,26,33)(H,27,34)(H,35,36). The summed E-state index contributed by atoms with van der Waals surface area (Å²) in [7, 11) is 1.59. The van der Waals surface area contributed by atoms with E-state index in [1.54, 1.807) is 44.3 Å². The normalized spacial score (nSPS) is 11.1. The number of nitrogens with zero attached hydrogens (tertiary/aromatic N) is 5. The van der Waals surface area contributed by atoms with Crippen molar-refractivity contribution in [1.29, 1.82) is 0 Å². The molecule has 0 unspecified atom stereocenters. The van der Waals surface area contributed by atoms with Gasteiger partial charge in [0, 0.05) is 26.2 Å². The summed E-state index contributed by atoms with van der Waals surface area (Å²) in [5, 5.41) is 22.4. The van der Waals surface area contributed by atoms with Crippen LogP contribution in [0.5, 0.6) is 0 Å². The molecule has 3 heterocycles. The predicted octanol–water partition coefficient (Wildman–Crippen LogP) is 1.44. The van der Waals surface area contributed by atoms with Gasteiger partial charge in [-0.25, -0.2) is 14.6 Å². The van der Waals surface area contributed by atoms with Gasteiger partial charge >= 0.3 is 11.7 Å². The lowest BCUT2D eigenvalue weighted by molar-refractivity contribution is 0.0695. The van der Waals surface area contributed by atoms with Gasteiger partial charge in [-0.3, -0.25) is 14.2 Å². The van der Waals surface area contributed by atoms with Gasteiger partial charge in [-0.2, -0.15) is 4.52 Å². The van der Waals surface area contributed by atoms with Crippen molar-refractivity contribution >= 4 is 34.5 Å². The van der Waals surface area contributed by atoms with Gasteiger partial charge in [0.25, 0.3) is 11.8 Å². The average molecular weight is 515 g/mol. The van der Waals surface area contributed by atoms with Gasteiger partial charge in [0.05, 0.1) is 17.3 Å². The highest BCUT2D eigenvalue weighted by molar-refractivity contribution is 5.98. The number of aromatic carboxylic acids is 1. The van der Waals surface area contributed by atoms with Crippen molar-refractivity contribution in [3.05, 3.63) is 92.9 Å². The highest BCUT2D eigenvalue weighted by Gasteiger charge is 2.18. The fourth-order valence-electron chi connectivity index (χ4n) is 4.01. The first-order valence-corrected chi connectivity index (χ1v) is 11.4. The first kappa shape index (κ1) is 24.4. The first-order valence-electron chi connectivity index (χ1n) is 11.4. The van der Waals surface area contributed by atoms with Crippen LogP contribution in [0.2, 0.25) is 0 Å². The zero-order chi connectivity index (χ0) is 27.0. The molecule has 3 N–H and O–H groups in total. The number of carboxylic acids is 1. The first-order chi connectivity index (χ1) is 18.2. The average Bonchev–Trinajstić information content (AvgIpc) is 3.49. The van der Waals surface area contributed by atoms with Crippen molar-refractivity contribution in [3.8, 4) is 0 Å². The third-order valence-electron chi connectivity index (χ3n) is 6.02. The van der Waals surface area contributed by atoms with Crippen molar-refractivity contribution in [3.63, 3.8) is 0 Å². The van der Waals surface area contributed by atoms with Gasteiger partial charge in [0.15, 0.2) is 11.2 Å². The highest BCUT2D eigenvalue weighted by Crippen LogP contribution is 2.15. The number of aromatic nitrogens is 5.